The zero-order valence-corrected chi connectivity index (χ0v) is 28.2. The van der Waals surface area contributed by atoms with Gasteiger partial charge in [-0.3, -0.25) is 0 Å². The Hall–Kier alpha value is -5.19. The van der Waals surface area contributed by atoms with Crippen molar-refractivity contribution in [3.05, 3.63) is 192 Å². The van der Waals surface area contributed by atoms with Gasteiger partial charge in [-0.05, 0) is 99.9 Å². The van der Waals surface area contributed by atoms with Gasteiger partial charge in [-0.15, -0.1) is 11.3 Å². The molecule has 0 atom stereocenters. The molecular weight excluding hydrogens is 591 g/mol. The Balaban J connectivity index is 1.49. The van der Waals surface area contributed by atoms with Crippen LogP contribution in [0.5, 0.6) is 0 Å². The Bertz CT molecular complexity index is 2370. The number of thiophene rings is 1. The zero-order valence-electron chi connectivity index (χ0n) is 27.4. The summed E-state index contributed by atoms with van der Waals surface area (Å²) in [7, 11) is 0. The standard InChI is InChI=1S/C43H37N3S/c1-26-6-12-29(13-7-26)40-32-18-19-34(44-32)41(30-14-8-27(2)9-15-30)35-22-24-38(46-35)43(4,5)39-25-23-37(47-39)42(36-21-20-33(40)45-36)31-16-10-28(3)11-17-31/h6-25,44,46H,1-5H3/b40-32-,41-34-,42-36-. The molecule has 230 valence electrons. The number of hydrogen-bond acceptors (Lipinski definition) is 2. The fourth-order valence-corrected chi connectivity index (χ4v) is 7.85. The van der Waals surface area contributed by atoms with Crippen LogP contribution in [0.1, 0.15) is 68.4 Å². The number of hydrogen-bond donors (Lipinski definition) is 2. The molecule has 2 aliphatic heterocycles. The third-order valence-electron chi connectivity index (χ3n) is 9.49. The van der Waals surface area contributed by atoms with Crippen LogP contribution >= 0.6 is 11.3 Å². The van der Waals surface area contributed by atoms with E-state index in [4.69, 9.17) is 4.99 Å². The summed E-state index contributed by atoms with van der Waals surface area (Å²) in [6, 6.07) is 39.9. The first-order valence-electron chi connectivity index (χ1n) is 16.2. The minimum absolute atomic E-state index is 0.229. The molecule has 0 spiro atoms. The molecule has 47 heavy (non-hydrogen) atoms. The molecule has 3 aromatic carbocycles. The van der Waals surface area contributed by atoms with Crippen molar-refractivity contribution in [1.82, 2.24) is 9.97 Å². The van der Waals surface area contributed by atoms with Crippen molar-refractivity contribution in [3.63, 3.8) is 0 Å². The molecule has 0 saturated heterocycles. The predicted molar refractivity (Wildman–Crippen MR) is 198 cm³/mol. The number of benzene rings is 3. The molecular formula is C43H37N3S. The number of aromatic amines is 2. The van der Waals surface area contributed by atoms with Crippen LogP contribution in [0.15, 0.2) is 132 Å². The smallest absolute Gasteiger partial charge is 0.0737 e. The number of fused-ring (bicyclic) bond motifs is 7. The average Bonchev–Trinajstić information content (AvgIpc) is 3.89. The molecule has 0 unspecified atom stereocenters. The Morgan fingerprint density at radius 3 is 1.70 bits per heavy atom. The highest BCUT2D eigenvalue weighted by Gasteiger charge is 2.29. The molecule has 0 radical (unpaired) electrons. The lowest BCUT2D eigenvalue weighted by Gasteiger charge is -2.22. The van der Waals surface area contributed by atoms with Gasteiger partial charge >= 0.3 is 0 Å². The third kappa shape index (κ3) is 5.19. The predicted octanol–water partition coefficient (Wildman–Crippen LogP) is 8.89. The molecule has 2 N–H and O–H groups in total. The van der Waals surface area contributed by atoms with Gasteiger partial charge in [0.25, 0.3) is 0 Å². The van der Waals surface area contributed by atoms with Crippen LogP contribution in [0.3, 0.4) is 0 Å². The maximum atomic E-state index is 5.40. The maximum absolute atomic E-state index is 5.40. The number of nitrogens with one attached hydrogen (secondary N) is 2. The monoisotopic (exact) mass is 627 g/mol. The summed E-state index contributed by atoms with van der Waals surface area (Å²) in [6.45, 7) is 11.0. The highest BCUT2D eigenvalue weighted by molar-refractivity contribution is 7.13. The van der Waals surface area contributed by atoms with E-state index in [9.17, 15) is 0 Å². The van der Waals surface area contributed by atoms with E-state index in [0.717, 1.165) is 55.6 Å². The fraction of sp³-hybridized carbons (Fsp3) is 0.140. The maximum Gasteiger partial charge on any atom is 0.0737 e. The Labute approximate surface area is 280 Å². The molecule has 0 aliphatic carbocycles. The number of aryl methyl sites for hydroxylation is 3. The van der Waals surface area contributed by atoms with E-state index in [-0.39, 0.29) is 5.41 Å². The summed E-state index contributed by atoms with van der Waals surface area (Å²) in [5, 5.41) is 2.09. The Morgan fingerprint density at radius 1 is 0.532 bits per heavy atom. The molecule has 8 bridgehead atoms. The van der Waals surface area contributed by atoms with E-state index in [1.807, 2.05) is 11.3 Å². The van der Waals surface area contributed by atoms with Crippen molar-refractivity contribution in [2.75, 3.05) is 0 Å². The van der Waals surface area contributed by atoms with Crippen molar-refractivity contribution < 1.29 is 0 Å². The van der Waals surface area contributed by atoms with Gasteiger partial charge in [0.1, 0.15) is 0 Å². The summed E-state index contributed by atoms with van der Waals surface area (Å²) in [5.41, 5.74) is 14.5. The van der Waals surface area contributed by atoms with Gasteiger partial charge < -0.3 is 9.97 Å². The molecule has 6 aromatic rings. The second kappa shape index (κ2) is 11.3. The molecule has 3 aromatic heterocycles. The number of nitrogens with zero attached hydrogens (tertiary/aromatic N) is 1. The first kappa shape index (κ1) is 29.2. The summed E-state index contributed by atoms with van der Waals surface area (Å²) in [4.78, 5) is 15.6. The molecule has 8 rings (SSSR count). The third-order valence-corrected chi connectivity index (χ3v) is 10.9. The lowest BCUT2D eigenvalue weighted by molar-refractivity contribution is 0.634. The highest BCUT2D eigenvalue weighted by Crippen LogP contribution is 2.41. The lowest BCUT2D eigenvalue weighted by atomic mass is 9.88. The van der Waals surface area contributed by atoms with Gasteiger partial charge in [0.05, 0.1) is 11.4 Å². The molecule has 0 fully saturated rings. The molecule has 4 heteroatoms. The molecule has 2 aliphatic rings. The molecule has 5 heterocycles. The second-order valence-corrected chi connectivity index (χ2v) is 14.4. The summed E-state index contributed by atoms with van der Waals surface area (Å²) in [6.07, 6.45) is 4.36. The van der Waals surface area contributed by atoms with Crippen LogP contribution in [0.25, 0.3) is 16.7 Å². The number of rotatable bonds is 3. The number of H-pyrrole nitrogens is 2. The Kier molecular flexibility index (Phi) is 7.00. The van der Waals surface area contributed by atoms with Crippen LogP contribution in [-0.4, -0.2) is 15.7 Å². The van der Waals surface area contributed by atoms with Crippen molar-refractivity contribution in [1.29, 1.82) is 0 Å². The minimum atomic E-state index is -0.229. The van der Waals surface area contributed by atoms with Gasteiger partial charge in [-0.25, -0.2) is 4.99 Å². The second-order valence-electron chi connectivity index (χ2n) is 13.3. The summed E-state index contributed by atoms with van der Waals surface area (Å²) >= 11 is 1.86. The van der Waals surface area contributed by atoms with Crippen molar-refractivity contribution in [2.24, 2.45) is 4.99 Å². The van der Waals surface area contributed by atoms with E-state index in [1.165, 1.54) is 37.7 Å². The SMILES string of the molecule is Cc1ccc(/C2=C3\C=CC(=N3)/C(c3ccc(C)cc3)=c3/cc/c([nH]3)=C(\c3ccc(C)cc3)c3ccc([nH]3)C(C)(C)c3ccc2s3)cc1. The number of allylic oxidation sites excluding steroid dienone is 2. The summed E-state index contributed by atoms with van der Waals surface area (Å²) in [5.74, 6) is 0. The minimum Gasteiger partial charge on any atom is -0.358 e. The highest BCUT2D eigenvalue weighted by atomic mass is 32.1. The lowest BCUT2D eigenvalue weighted by Crippen LogP contribution is -2.20. The number of aliphatic imine (C=N–C) groups is 1. The van der Waals surface area contributed by atoms with Gasteiger partial charge in [0.15, 0.2) is 0 Å². The number of aromatic nitrogens is 2. The molecule has 0 saturated carbocycles. The van der Waals surface area contributed by atoms with Gasteiger partial charge in [-0.2, -0.15) is 0 Å². The van der Waals surface area contributed by atoms with Gasteiger partial charge in [0.2, 0.25) is 0 Å². The van der Waals surface area contributed by atoms with E-state index in [2.05, 4.69) is 166 Å². The van der Waals surface area contributed by atoms with E-state index in [0.29, 0.717) is 0 Å². The fourth-order valence-electron chi connectivity index (χ4n) is 6.65. The van der Waals surface area contributed by atoms with Crippen molar-refractivity contribution in [2.45, 2.75) is 40.0 Å². The molecule has 0 amide bonds. The van der Waals surface area contributed by atoms with Crippen LogP contribution in [0, 0.1) is 20.8 Å². The zero-order chi connectivity index (χ0) is 32.3. The van der Waals surface area contributed by atoms with Crippen LogP contribution in [0.4, 0.5) is 0 Å². The van der Waals surface area contributed by atoms with Crippen LogP contribution in [-0.2, 0) is 5.41 Å². The normalized spacial score (nSPS) is 19.2. The van der Waals surface area contributed by atoms with E-state index >= 15 is 0 Å². The first-order valence-corrected chi connectivity index (χ1v) is 17.0. The van der Waals surface area contributed by atoms with Crippen molar-refractivity contribution >= 4 is 33.8 Å². The van der Waals surface area contributed by atoms with Crippen LogP contribution < -0.4 is 10.7 Å². The largest absolute Gasteiger partial charge is 0.358 e. The van der Waals surface area contributed by atoms with Crippen molar-refractivity contribution in [3.8, 4) is 0 Å². The van der Waals surface area contributed by atoms with E-state index in [1.54, 1.807) is 0 Å². The molecule has 3 nitrogen and oxygen atoms in total. The topological polar surface area (TPSA) is 43.9 Å². The quantitative estimate of drug-likeness (QED) is 0.197. The summed E-state index contributed by atoms with van der Waals surface area (Å²) < 4.78 is 0. The van der Waals surface area contributed by atoms with Crippen LogP contribution in [0.2, 0.25) is 0 Å². The Morgan fingerprint density at radius 2 is 1.09 bits per heavy atom. The first-order chi connectivity index (χ1) is 22.7. The average molecular weight is 628 g/mol. The van der Waals surface area contributed by atoms with Gasteiger partial charge in [0, 0.05) is 54.0 Å². The van der Waals surface area contributed by atoms with Gasteiger partial charge in [-0.1, -0.05) is 89.5 Å². The van der Waals surface area contributed by atoms with E-state index < -0.39 is 0 Å².